The molecule has 0 bridgehead atoms. The third-order valence-corrected chi connectivity index (χ3v) is 4.45. The number of piperazine rings is 1. The smallest absolute Gasteiger partial charge is 0.123 e. The summed E-state index contributed by atoms with van der Waals surface area (Å²) in [5.74, 6) is -0.153. The fraction of sp³-hybridized carbons (Fsp3) is 0.625. The summed E-state index contributed by atoms with van der Waals surface area (Å²) < 4.78 is 13.5. The van der Waals surface area contributed by atoms with Gasteiger partial charge in [-0.3, -0.25) is 0 Å². The van der Waals surface area contributed by atoms with Crippen LogP contribution in [0.15, 0.2) is 18.2 Å². The van der Waals surface area contributed by atoms with Gasteiger partial charge in [0.1, 0.15) is 5.82 Å². The molecule has 1 aliphatic rings. The third-order valence-electron chi connectivity index (χ3n) is 4.45. The van der Waals surface area contributed by atoms with Crippen LogP contribution in [-0.4, -0.2) is 56.6 Å². The monoisotopic (exact) mass is 279 g/mol. The van der Waals surface area contributed by atoms with Crippen molar-refractivity contribution in [1.29, 1.82) is 0 Å². The van der Waals surface area contributed by atoms with Crippen molar-refractivity contribution < 1.29 is 4.39 Å². The van der Waals surface area contributed by atoms with E-state index in [2.05, 4.69) is 36.1 Å². The Morgan fingerprint density at radius 1 is 1.35 bits per heavy atom. The normalized spacial score (nSPS) is 22.9. The molecule has 1 aromatic rings. The largest absolute Gasteiger partial charge is 0.313 e. The highest BCUT2D eigenvalue weighted by Gasteiger charge is 2.26. The van der Waals surface area contributed by atoms with Crippen LogP contribution in [-0.2, 0) is 0 Å². The van der Waals surface area contributed by atoms with Gasteiger partial charge in [0.15, 0.2) is 0 Å². The summed E-state index contributed by atoms with van der Waals surface area (Å²) in [6.07, 6.45) is 1.00. The summed E-state index contributed by atoms with van der Waals surface area (Å²) in [7, 11) is 6.31. The van der Waals surface area contributed by atoms with E-state index in [4.69, 9.17) is 0 Å². The van der Waals surface area contributed by atoms with Gasteiger partial charge in [0, 0.05) is 31.7 Å². The predicted octanol–water partition coefficient (Wildman–Crippen LogP) is 2.03. The van der Waals surface area contributed by atoms with Gasteiger partial charge < -0.3 is 15.1 Å². The van der Waals surface area contributed by atoms with Gasteiger partial charge in [0.05, 0.1) is 0 Å². The van der Waals surface area contributed by atoms with E-state index >= 15 is 0 Å². The molecule has 1 fully saturated rings. The zero-order valence-electron chi connectivity index (χ0n) is 13.0. The molecule has 112 valence electrons. The molecular weight excluding hydrogens is 253 g/mol. The second-order valence-electron chi connectivity index (χ2n) is 5.97. The van der Waals surface area contributed by atoms with E-state index in [1.165, 1.54) is 6.07 Å². The summed E-state index contributed by atoms with van der Waals surface area (Å²) in [5.41, 5.74) is 2.23. The number of rotatable bonds is 4. The van der Waals surface area contributed by atoms with Crippen LogP contribution in [0.5, 0.6) is 0 Å². The quantitative estimate of drug-likeness (QED) is 0.910. The Hall–Kier alpha value is -0.970. The van der Waals surface area contributed by atoms with Gasteiger partial charge in [0.25, 0.3) is 0 Å². The van der Waals surface area contributed by atoms with Crippen molar-refractivity contribution in [3.8, 4) is 0 Å². The zero-order valence-corrected chi connectivity index (χ0v) is 13.0. The van der Waals surface area contributed by atoms with Crippen LogP contribution < -0.4 is 5.32 Å². The number of nitrogens with zero attached hydrogens (tertiary/aromatic N) is 2. The molecule has 2 atom stereocenters. The van der Waals surface area contributed by atoms with Crippen molar-refractivity contribution in [1.82, 2.24) is 15.1 Å². The summed E-state index contributed by atoms with van der Waals surface area (Å²) >= 11 is 0. The molecule has 1 heterocycles. The fourth-order valence-corrected chi connectivity index (χ4v) is 3.02. The maximum Gasteiger partial charge on any atom is 0.123 e. The topological polar surface area (TPSA) is 18.5 Å². The fourth-order valence-electron chi connectivity index (χ4n) is 3.02. The lowest BCUT2D eigenvalue weighted by atomic mass is 9.94. The van der Waals surface area contributed by atoms with Crippen LogP contribution in [0.1, 0.15) is 23.6 Å². The Kier molecular flexibility index (Phi) is 5.13. The first kappa shape index (κ1) is 15.4. The summed E-state index contributed by atoms with van der Waals surface area (Å²) in [6.45, 7) is 5.34. The van der Waals surface area contributed by atoms with E-state index in [-0.39, 0.29) is 11.9 Å². The molecule has 0 radical (unpaired) electrons. The first-order chi connectivity index (χ1) is 9.51. The molecule has 0 saturated carbocycles. The van der Waals surface area contributed by atoms with E-state index in [9.17, 15) is 4.39 Å². The molecule has 4 heteroatoms. The molecule has 1 aliphatic heterocycles. The molecule has 2 unspecified atom stereocenters. The van der Waals surface area contributed by atoms with Crippen molar-refractivity contribution in [2.24, 2.45) is 0 Å². The number of benzene rings is 1. The molecule has 20 heavy (non-hydrogen) atoms. The van der Waals surface area contributed by atoms with Gasteiger partial charge in [-0.1, -0.05) is 6.07 Å². The maximum absolute atomic E-state index is 13.5. The lowest BCUT2D eigenvalue weighted by Crippen LogP contribution is -2.50. The van der Waals surface area contributed by atoms with Gasteiger partial charge in [-0.2, -0.15) is 0 Å². The number of hydrogen-bond donors (Lipinski definition) is 1. The van der Waals surface area contributed by atoms with Crippen LogP contribution in [0.3, 0.4) is 0 Å². The molecule has 0 amide bonds. The Balaban J connectivity index is 2.13. The Morgan fingerprint density at radius 3 is 2.80 bits per heavy atom. The maximum atomic E-state index is 13.5. The Bertz CT molecular complexity index is 449. The summed E-state index contributed by atoms with van der Waals surface area (Å²) in [5, 5.41) is 3.36. The van der Waals surface area contributed by atoms with Crippen molar-refractivity contribution in [2.45, 2.75) is 25.4 Å². The van der Waals surface area contributed by atoms with Gasteiger partial charge in [-0.05, 0) is 57.7 Å². The minimum Gasteiger partial charge on any atom is -0.313 e. The Morgan fingerprint density at radius 2 is 2.10 bits per heavy atom. The number of halogens is 1. The second kappa shape index (κ2) is 6.66. The van der Waals surface area contributed by atoms with Crippen LogP contribution in [0.4, 0.5) is 4.39 Å². The van der Waals surface area contributed by atoms with E-state index < -0.39 is 0 Å². The lowest BCUT2D eigenvalue weighted by Gasteiger charge is -2.39. The van der Waals surface area contributed by atoms with Gasteiger partial charge in [0.2, 0.25) is 0 Å². The minimum absolute atomic E-state index is 0.153. The zero-order chi connectivity index (χ0) is 14.7. The average Bonchev–Trinajstić information content (AvgIpc) is 2.42. The second-order valence-corrected chi connectivity index (χ2v) is 5.97. The van der Waals surface area contributed by atoms with E-state index in [1.807, 2.05) is 13.1 Å². The standard InChI is InChI=1S/C16H26FN3/c1-12-5-6-13(17)9-15(12)16(18-2)10-14-11-19(3)7-8-20(14)4/h5-6,9,14,16,18H,7-8,10-11H2,1-4H3. The van der Waals surface area contributed by atoms with Crippen molar-refractivity contribution >= 4 is 0 Å². The van der Waals surface area contributed by atoms with Crippen LogP contribution in [0, 0.1) is 12.7 Å². The number of likely N-dealkylation sites (N-methyl/N-ethyl adjacent to an activating group) is 2. The molecular formula is C16H26FN3. The molecule has 3 nitrogen and oxygen atoms in total. The SMILES string of the molecule is CNC(CC1CN(C)CCN1C)c1cc(F)ccc1C. The van der Waals surface area contributed by atoms with Crippen molar-refractivity contribution in [2.75, 3.05) is 40.8 Å². The molecule has 1 saturated heterocycles. The highest BCUT2D eigenvalue weighted by molar-refractivity contribution is 5.29. The van der Waals surface area contributed by atoms with Crippen molar-refractivity contribution in [3.63, 3.8) is 0 Å². The molecule has 0 spiro atoms. The molecule has 0 aromatic heterocycles. The highest BCUT2D eigenvalue weighted by Crippen LogP contribution is 2.25. The first-order valence-corrected chi connectivity index (χ1v) is 7.33. The van der Waals surface area contributed by atoms with Crippen LogP contribution in [0.25, 0.3) is 0 Å². The number of aryl methyl sites for hydroxylation is 1. The Labute approximate surface area is 121 Å². The lowest BCUT2D eigenvalue weighted by molar-refractivity contribution is 0.102. The van der Waals surface area contributed by atoms with E-state index in [0.29, 0.717) is 6.04 Å². The molecule has 1 aromatic carbocycles. The third kappa shape index (κ3) is 3.57. The average molecular weight is 279 g/mol. The highest BCUT2D eigenvalue weighted by atomic mass is 19.1. The summed E-state index contributed by atoms with van der Waals surface area (Å²) in [4.78, 5) is 4.79. The summed E-state index contributed by atoms with van der Waals surface area (Å²) in [6, 6.07) is 5.78. The molecule has 0 aliphatic carbocycles. The number of nitrogens with one attached hydrogen (secondary N) is 1. The van der Waals surface area contributed by atoms with Gasteiger partial charge in [-0.15, -0.1) is 0 Å². The minimum atomic E-state index is -0.153. The van der Waals surface area contributed by atoms with Gasteiger partial charge >= 0.3 is 0 Å². The first-order valence-electron chi connectivity index (χ1n) is 7.33. The van der Waals surface area contributed by atoms with E-state index in [0.717, 1.165) is 37.2 Å². The van der Waals surface area contributed by atoms with Crippen molar-refractivity contribution in [3.05, 3.63) is 35.1 Å². The van der Waals surface area contributed by atoms with E-state index in [1.54, 1.807) is 6.07 Å². The molecule has 2 rings (SSSR count). The predicted molar refractivity (Wildman–Crippen MR) is 81.5 cm³/mol. The number of hydrogen-bond acceptors (Lipinski definition) is 3. The van der Waals surface area contributed by atoms with Crippen LogP contribution in [0.2, 0.25) is 0 Å². The molecule has 1 N–H and O–H groups in total. The van der Waals surface area contributed by atoms with Crippen LogP contribution >= 0.6 is 0 Å². The van der Waals surface area contributed by atoms with Gasteiger partial charge in [-0.25, -0.2) is 4.39 Å².